The summed E-state index contributed by atoms with van der Waals surface area (Å²) in [6.45, 7) is 1.70. The topological polar surface area (TPSA) is 123 Å². The highest BCUT2D eigenvalue weighted by atomic mass is 16.7. The number of hydroxylamine groups is 1. The lowest BCUT2D eigenvalue weighted by Crippen LogP contribution is -2.31. The number of hydrazone groups is 1. The number of amides is 2. The highest BCUT2D eigenvalue weighted by molar-refractivity contribution is 5.99. The molecular weight excluding hydrogens is 372 g/mol. The van der Waals surface area contributed by atoms with E-state index in [-0.39, 0.29) is 5.91 Å². The maximum Gasteiger partial charge on any atom is 0.339 e. The van der Waals surface area contributed by atoms with Crippen molar-refractivity contribution < 1.29 is 19.2 Å². The van der Waals surface area contributed by atoms with Gasteiger partial charge in [-0.15, -0.1) is 0 Å². The Bertz CT molecular complexity index is 912. The molecular formula is C21H22N4O4. The minimum Gasteiger partial charge on any atom is -0.340 e. The lowest BCUT2D eigenvalue weighted by Gasteiger charge is -2.11. The number of anilines is 1. The quantitative estimate of drug-likeness (QED) is 0.392. The summed E-state index contributed by atoms with van der Waals surface area (Å²) in [6.07, 6.45) is 1.90. The standard InChI is InChI=1S/C21H22N4O4/c1-13(15-5-3-2-4-6-15)21(28)29-25-20(27)18-11-17(18)19(26)24-16-9-7-14(8-10-16)12-23-22/h2-10,12-13,17-18H,11,22H2,1H3,(H,24,26)(H,25,27). The van der Waals surface area contributed by atoms with Crippen LogP contribution in [0.15, 0.2) is 59.7 Å². The van der Waals surface area contributed by atoms with Crippen LogP contribution in [0.2, 0.25) is 0 Å². The van der Waals surface area contributed by atoms with Gasteiger partial charge in [-0.25, -0.2) is 4.79 Å². The van der Waals surface area contributed by atoms with Crippen molar-refractivity contribution in [2.24, 2.45) is 22.8 Å². The molecule has 0 bridgehead atoms. The second-order valence-electron chi connectivity index (χ2n) is 6.86. The lowest BCUT2D eigenvalue weighted by molar-refractivity contribution is -0.160. The van der Waals surface area contributed by atoms with Gasteiger partial charge < -0.3 is 16.0 Å². The minimum atomic E-state index is -0.563. The van der Waals surface area contributed by atoms with E-state index in [1.165, 1.54) is 6.21 Å². The van der Waals surface area contributed by atoms with E-state index in [4.69, 9.17) is 10.7 Å². The van der Waals surface area contributed by atoms with E-state index in [2.05, 4.69) is 15.9 Å². The zero-order valence-corrected chi connectivity index (χ0v) is 15.9. The fraction of sp³-hybridized carbons (Fsp3) is 0.238. The highest BCUT2D eigenvalue weighted by Crippen LogP contribution is 2.39. The summed E-state index contributed by atoms with van der Waals surface area (Å²) in [5.41, 5.74) is 4.38. The van der Waals surface area contributed by atoms with Gasteiger partial charge in [-0.1, -0.05) is 42.5 Å². The van der Waals surface area contributed by atoms with Gasteiger partial charge in [0.25, 0.3) is 5.91 Å². The number of rotatable bonds is 6. The second-order valence-corrected chi connectivity index (χ2v) is 6.86. The molecule has 0 heterocycles. The summed E-state index contributed by atoms with van der Waals surface area (Å²) in [5.74, 6) is 2.31. The molecule has 3 rings (SSSR count). The van der Waals surface area contributed by atoms with Gasteiger partial charge in [0.05, 0.1) is 24.0 Å². The van der Waals surface area contributed by atoms with Crippen LogP contribution in [0.25, 0.3) is 0 Å². The van der Waals surface area contributed by atoms with Crippen molar-refractivity contribution in [3.05, 3.63) is 65.7 Å². The molecule has 1 saturated carbocycles. The van der Waals surface area contributed by atoms with Crippen LogP contribution in [-0.4, -0.2) is 24.0 Å². The fourth-order valence-electron chi connectivity index (χ4n) is 2.89. The number of carbonyl (C=O) groups is 3. The Morgan fingerprint density at radius 3 is 2.38 bits per heavy atom. The summed E-state index contributed by atoms with van der Waals surface area (Å²) < 4.78 is 0. The van der Waals surface area contributed by atoms with E-state index in [1.54, 1.807) is 31.2 Å². The number of nitrogens with two attached hydrogens (primary N) is 1. The summed E-state index contributed by atoms with van der Waals surface area (Å²) in [5, 5.41) is 6.19. The lowest BCUT2D eigenvalue weighted by atomic mass is 10.0. The molecule has 0 radical (unpaired) electrons. The molecule has 3 unspecified atom stereocenters. The Morgan fingerprint density at radius 1 is 1.07 bits per heavy atom. The second kappa shape index (κ2) is 9.01. The zero-order valence-electron chi connectivity index (χ0n) is 15.9. The molecule has 3 atom stereocenters. The average Bonchev–Trinajstić information content (AvgIpc) is 3.55. The van der Waals surface area contributed by atoms with Crippen LogP contribution in [0.5, 0.6) is 0 Å². The predicted octanol–water partition coefficient (Wildman–Crippen LogP) is 1.93. The van der Waals surface area contributed by atoms with E-state index in [1.807, 2.05) is 30.3 Å². The summed E-state index contributed by atoms with van der Waals surface area (Å²) in [4.78, 5) is 41.4. The van der Waals surface area contributed by atoms with Crippen LogP contribution in [0.1, 0.15) is 30.4 Å². The third-order valence-corrected chi connectivity index (χ3v) is 4.77. The largest absolute Gasteiger partial charge is 0.340 e. The Balaban J connectivity index is 1.45. The van der Waals surface area contributed by atoms with Crippen LogP contribution >= 0.6 is 0 Å². The molecule has 1 aliphatic carbocycles. The molecule has 1 fully saturated rings. The van der Waals surface area contributed by atoms with Crippen molar-refractivity contribution in [1.29, 1.82) is 0 Å². The molecule has 0 spiro atoms. The molecule has 0 saturated heterocycles. The SMILES string of the molecule is CC(C(=O)ONC(=O)C1CC1C(=O)Nc1ccc(C=NN)cc1)c1ccccc1. The van der Waals surface area contributed by atoms with Crippen LogP contribution in [0.3, 0.4) is 0 Å². The third-order valence-electron chi connectivity index (χ3n) is 4.77. The van der Waals surface area contributed by atoms with Gasteiger partial charge in [0.1, 0.15) is 0 Å². The summed E-state index contributed by atoms with van der Waals surface area (Å²) in [7, 11) is 0. The molecule has 0 aliphatic heterocycles. The Kier molecular flexibility index (Phi) is 6.23. The number of hydrogen-bond donors (Lipinski definition) is 3. The number of nitrogens with zero attached hydrogens (tertiary/aromatic N) is 1. The Labute approximate surface area is 168 Å². The zero-order chi connectivity index (χ0) is 20.8. The average molecular weight is 394 g/mol. The molecule has 8 nitrogen and oxygen atoms in total. The van der Waals surface area contributed by atoms with Crippen molar-refractivity contribution in [1.82, 2.24) is 5.48 Å². The molecule has 8 heteroatoms. The van der Waals surface area contributed by atoms with Crippen molar-refractivity contribution in [3.63, 3.8) is 0 Å². The Hall–Kier alpha value is -3.68. The van der Waals surface area contributed by atoms with Gasteiger partial charge in [-0.2, -0.15) is 10.6 Å². The van der Waals surface area contributed by atoms with Crippen LogP contribution < -0.4 is 16.6 Å². The first-order valence-corrected chi connectivity index (χ1v) is 9.19. The third kappa shape index (κ3) is 5.19. The molecule has 29 heavy (non-hydrogen) atoms. The molecule has 2 aromatic rings. The number of benzene rings is 2. The molecule has 2 amide bonds. The molecule has 0 aromatic heterocycles. The number of carbonyl (C=O) groups excluding carboxylic acids is 3. The van der Waals surface area contributed by atoms with Gasteiger partial charge in [0, 0.05) is 5.69 Å². The maximum absolute atomic E-state index is 12.3. The van der Waals surface area contributed by atoms with Crippen LogP contribution in [0.4, 0.5) is 5.69 Å². The van der Waals surface area contributed by atoms with Gasteiger partial charge in [0.2, 0.25) is 5.91 Å². The van der Waals surface area contributed by atoms with Gasteiger partial charge >= 0.3 is 5.97 Å². The first-order valence-electron chi connectivity index (χ1n) is 9.19. The normalized spacial score (nSPS) is 18.7. The van der Waals surface area contributed by atoms with E-state index in [0.29, 0.717) is 12.1 Å². The number of hydrogen-bond acceptors (Lipinski definition) is 6. The van der Waals surface area contributed by atoms with Crippen LogP contribution in [-0.2, 0) is 19.2 Å². The van der Waals surface area contributed by atoms with Crippen LogP contribution in [0, 0.1) is 11.8 Å². The molecule has 2 aromatic carbocycles. The fourth-order valence-corrected chi connectivity index (χ4v) is 2.89. The van der Waals surface area contributed by atoms with E-state index in [0.717, 1.165) is 11.1 Å². The van der Waals surface area contributed by atoms with Crippen molar-refractivity contribution in [3.8, 4) is 0 Å². The Morgan fingerprint density at radius 2 is 1.72 bits per heavy atom. The van der Waals surface area contributed by atoms with Gasteiger partial charge in [-0.05, 0) is 36.6 Å². The van der Waals surface area contributed by atoms with E-state index in [9.17, 15) is 14.4 Å². The monoisotopic (exact) mass is 394 g/mol. The molecule has 4 N–H and O–H groups in total. The van der Waals surface area contributed by atoms with Crippen molar-refractivity contribution in [2.45, 2.75) is 19.3 Å². The first-order chi connectivity index (χ1) is 14.0. The van der Waals surface area contributed by atoms with E-state index >= 15 is 0 Å². The minimum absolute atomic E-state index is 0.255. The number of nitrogens with one attached hydrogen (secondary N) is 2. The van der Waals surface area contributed by atoms with Crippen molar-refractivity contribution >= 4 is 29.7 Å². The van der Waals surface area contributed by atoms with Gasteiger partial charge in [-0.3, -0.25) is 9.59 Å². The smallest absolute Gasteiger partial charge is 0.339 e. The van der Waals surface area contributed by atoms with Gasteiger partial charge in [0.15, 0.2) is 0 Å². The maximum atomic E-state index is 12.3. The molecule has 150 valence electrons. The highest BCUT2D eigenvalue weighted by Gasteiger charge is 2.48. The van der Waals surface area contributed by atoms with E-state index < -0.39 is 29.6 Å². The summed E-state index contributed by atoms with van der Waals surface area (Å²) >= 11 is 0. The first kappa shape index (κ1) is 20.1. The summed E-state index contributed by atoms with van der Waals surface area (Å²) in [6, 6.07) is 16.1. The van der Waals surface area contributed by atoms with Crippen molar-refractivity contribution in [2.75, 3.05) is 5.32 Å². The molecule has 1 aliphatic rings. The predicted molar refractivity (Wildman–Crippen MR) is 108 cm³/mol.